The van der Waals surface area contributed by atoms with Gasteiger partial charge in [0.15, 0.2) is 0 Å². The third-order valence-electron chi connectivity index (χ3n) is 3.30. The summed E-state index contributed by atoms with van der Waals surface area (Å²) in [6.07, 6.45) is 4.96. The van der Waals surface area contributed by atoms with E-state index in [-0.39, 0.29) is 0 Å². The predicted octanol–water partition coefficient (Wildman–Crippen LogP) is 2.20. The third-order valence-corrected chi connectivity index (χ3v) is 3.30. The lowest BCUT2D eigenvalue weighted by molar-refractivity contribution is 0.222. The highest BCUT2D eigenvalue weighted by Crippen LogP contribution is 2.19. The molecule has 0 aliphatic carbocycles. The molecule has 0 aromatic carbocycles. The first-order valence-electron chi connectivity index (χ1n) is 7.26. The van der Waals surface area contributed by atoms with Crippen LogP contribution >= 0.6 is 0 Å². The molecule has 112 valence electrons. The average Bonchev–Trinajstić information content (AvgIpc) is 2.88. The van der Waals surface area contributed by atoms with Crippen molar-refractivity contribution in [1.82, 2.24) is 10.3 Å². The Labute approximate surface area is 121 Å². The van der Waals surface area contributed by atoms with Crippen LogP contribution in [0.2, 0.25) is 0 Å². The van der Waals surface area contributed by atoms with E-state index in [0.29, 0.717) is 5.92 Å². The molecule has 1 aliphatic rings. The molecule has 1 aliphatic heterocycles. The van der Waals surface area contributed by atoms with Gasteiger partial charge in [-0.15, -0.1) is 0 Å². The lowest BCUT2D eigenvalue weighted by atomic mass is 10.1. The smallest absolute Gasteiger partial charge is 0.297 e. The van der Waals surface area contributed by atoms with Crippen molar-refractivity contribution >= 4 is 6.01 Å². The van der Waals surface area contributed by atoms with E-state index in [4.69, 9.17) is 9.15 Å². The monoisotopic (exact) mass is 279 g/mol. The fourth-order valence-corrected chi connectivity index (χ4v) is 2.21. The molecule has 1 aromatic heterocycles. The molecular formula is C15H25N3O2. The van der Waals surface area contributed by atoms with Crippen LogP contribution in [0.5, 0.6) is 0 Å². The molecule has 0 fully saturated rings. The molecule has 5 nitrogen and oxygen atoms in total. The third kappa shape index (κ3) is 4.35. The Bertz CT molecular complexity index is 440. The number of methoxy groups -OCH3 is 1. The van der Waals surface area contributed by atoms with E-state index < -0.39 is 0 Å². The van der Waals surface area contributed by atoms with Gasteiger partial charge in [-0.1, -0.05) is 19.9 Å². The van der Waals surface area contributed by atoms with Crippen molar-refractivity contribution < 1.29 is 9.15 Å². The summed E-state index contributed by atoms with van der Waals surface area (Å²) in [4.78, 5) is 6.70. The summed E-state index contributed by atoms with van der Waals surface area (Å²) in [6.45, 7) is 8.66. The van der Waals surface area contributed by atoms with Gasteiger partial charge in [0.05, 0.1) is 12.3 Å². The molecular weight excluding hydrogens is 254 g/mol. The van der Waals surface area contributed by atoms with Crippen molar-refractivity contribution in [2.45, 2.75) is 26.8 Å². The van der Waals surface area contributed by atoms with Crippen LogP contribution < -0.4 is 10.2 Å². The minimum atomic E-state index is 0.646. The van der Waals surface area contributed by atoms with E-state index in [1.807, 2.05) is 0 Å². The molecule has 0 spiro atoms. The molecule has 20 heavy (non-hydrogen) atoms. The molecule has 0 amide bonds. The molecule has 0 saturated heterocycles. The number of anilines is 1. The van der Waals surface area contributed by atoms with Crippen LogP contribution in [0.15, 0.2) is 22.3 Å². The summed E-state index contributed by atoms with van der Waals surface area (Å²) < 4.78 is 10.7. The second kappa shape index (κ2) is 7.45. The van der Waals surface area contributed by atoms with Gasteiger partial charge in [-0.05, 0) is 24.5 Å². The van der Waals surface area contributed by atoms with Crippen molar-refractivity contribution in [1.29, 1.82) is 0 Å². The maximum Gasteiger partial charge on any atom is 0.297 e. The minimum absolute atomic E-state index is 0.646. The summed E-state index contributed by atoms with van der Waals surface area (Å²) in [6, 6.07) is 0.721. The van der Waals surface area contributed by atoms with Crippen molar-refractivity contribution in [3.63, 3.8) is 0 Å². The first-order chi connectivity index (χ1) is 9.69. The van der Waals surface area contributed by atoms with Crippen molar-refractivity contribution in [2.24, 2.45) is 5.92 Å². The largest absolute Gasteiger partial charge is 0.432 e. The lowest BCUT2D eigenvalue weighted by Crippen LogP contribution is -2.29. The van der Waals surface area contributed by atoms with Gasteiger partial charge in [-0.3, -0.25) is 0 Å². The van der Waals surface area contributed by atoms with Crippen LogP contribution in [-0.2, 0) is 11.3 Å². The van der Waals surface area contributed by atoms with E-state index in [1.54, 1.807) is 13.4 Å². The highest BCUT2D eigenvalue weighted by Gasteiger charge is 2.16. The van der Waals surface area contributed by atoms with Crippen LogP contribution in [0.3, 0.4) is 0 Å². The Hall–Kier alpha value is -1.33. The predicted molar refractivity (Wildman–Crippen MR) is 79.8 cm³/mol. The van der Waals surface area contributed by atoms with Crippen LogP contribution in [0.1, 0.15) is 26.0 Å². The molecule has 1 N–H and O–H groups in total. The Kier molecular flexibility index (Phi) is 5.61. The average molecular weight is 279 g/mol. The van der Waals surface area contributed by atoms with E-state index >= 15 is 0 Å². The molecule has 5 heteroatoms. The zero-order valence-corrected chi connectivity index (χ0v) is 12.7. The Morgan fingerprint density at radius 2 is 2.35 bits per heavy atom. The van der Waals surface area contributed by atoms with Gasteiger partial charge < -0.3 is 19.4 Å². The summed E-state index contributed by atoms with van der Waals surface area (Å²) in [5, 5.41) is 3.37. The van der Waals surface area contributed by atoms with Crippen LogP contribution in [0.25, 0.3) is 0 Å². The van der Waals surface area contributed by atoms with Gasteiger partial charge >= 0.3 is 0 Å². The van der Waals surface area contributed by atoms with Gasteiger partial charge in [0, 0.05) is 26.7 Å². The number of nitrogens with one attached hydrogen (secondary N) is 1. The molecule has 1 aromatic rings. The van der Waals surface area contributed by atoms with E-state index in [9.17, 15) is 0 Å². The molecule has 0 radical (unpaired) electrons. The van der Waals surface area contributed by atoms with Crippen molar-refractivity contribution in [3.8, 4) is 0 Å². The Morgan fingerprint density at radius 3 is 3.00 bits per heavy atom. The molecule has 2 heterocycles. The highest BCUT2D eigenvalue weighted by molar-refractivity contribution is 5.32. The highest BCUT2D eigenvalue weighted by atomic mass is 16.5. The number of rotatable bonds is 7. The summed E-state index contributed by atoms with van der Waals surface area (Å²) in [5.74, 6) is 0.646. The summed E-state index contributed by atoms with van der Waals surface area (Å²) >= 11 is 0. The fraction of sp³-hybridized carbons (Fsp3) is 0.667. The fourth-order valence-electron chi connectivity index (χ4n) is 2.21. The first-order valence-corrected chi connectivity index (χ1v) is 7.26. The quantitative estimate of drug-likeness (QED) is 0.775. The van der Waals surface area contributed by atoms with Crippen LogP contribution in [-0.4, -0.2) is 38.3 Å². The molecule has 2 rings (SSSR count). The SMILES string of the molecule is COCC1=CCN(c2nc(CNCC(C)C)co2)CC1. The minimum Gasteiger partial charge on any atom is -0.432 e. The normalized spacial score (nSPS) is 15.8. The molecule has 0 atom stereocenters. The Morgan fingerprint density at radius 1 is 1.50 bits per heavy atom. The Balaban J connectivity index is 1.83. The standard InChI is InChI=1S/C15H25N3O2/c1-12(2)8-16-9-14-11-20-15(17-14)18-6-4-13(5-7-18)10-19-3/h4,11-12,16H,5-10H2,1-3H3. The van der Waals surface area contributed by atoms with E-state index in [2.05, 4.69) is 35.1 Å². The topological polar surface area (TPSA) is 50.5 Å². The first kappa shape index (κ1) is 15.1. The van der Waals surface area contributed by atoms with Crippen LogP contribution in [0.4, 0.5) is 6.01 Å². The van der Waals surface area contributed by atoms with E-state index in [1.165, 1.54) is 5.57 Å². The number of hydrogen-bond donors (Lipinski definition) is 1. The molecule has 0 saturated carbocycles. The number of aromatic nitrogens is 1. The van der Waals surface area contributed by atoms with Gasteiger partial charge in [0.25, 0.3) is 6.01 Å². The summed E-state index contributed by atoms with van der Waals surface area (Å²) in [5.41, 5.74) is 2.32. The number of oxazole rings is 1. The van der Waals surface area contributed by atoms with E-state index in [0.717, 1.165) is 50.9 Å². The van der Waals surface area contributed by atoms with Gasteiger partial charge in [-0.25, -0.2) is 0 Å². The zero-order chi connectivity index (χ0) is 14.4. The second-order valence-corrected chi connectivity index (χ2v) is 5.64. The molecule has 0 bridgehead atoms. The zero-order valence-electron chi connectivity index (χ0n) is 12.7. The van der Waals surface area contributed by atoms with Gasteiger partial charge in [0.1, 0.15) is 6.26 Å². The summed E-state index contributed by atoms with van der Waals surface area (Å²) in [7, 11) is 1.73. The van der Waals surface area contributed by atoms with Gasteiger partial charge in [-0.2, -0.15) is 4.98 Å². The molecule has 0 unspecified atom stereocenters. The van der Waals surface area contributed by atoms with Crippen LogP contribution in [0, 0.1) is 5.92 Å². The maximum atomic E-state index is 5.57. The second-order valence-electron chi connectivity index (χ2n) is 5.64. The number of hydrogen-bond acceptors (Lipinski definition) is 5. The maximum absolute atomic E-state index is 5.57. The number of ether oxygens (including phenoxy) is 1. The van der Waals surface area contributed by atoms with Crippen molar-refractivity contribution in [3.05, 3.63) is 23.6 Å². The van der Waals surface area contributed by atoms with Crippen molar-refractivity contribution in [2.75, 3.05) is 38.3 Å². The lowest BCUT2D eigenvalue weighted by Gasteiger charge is -2.24. The number of nitrogens with zero attached hydrogens (tertiary/aromatic N) is 2. The van der Waals surface area contributed by atoms with Gasteiger partial charge in [0.2, 0.25) is 0 Å².